The van der Waals surface area contributed by atoms with Crippen molar-refractivity contribution in [1.29, 1.82) is 0 Å². The van der Waals surface area contributed by atoms with Gasteiger partial charge in [-0.15, -0.1) is 0 Å². The molecule has 5 nitrogen and oxygen atoms in total. The first-order valence-electron chi connectivity index (χ1n) is 5.72. The molecule has 0 spiro atoms. The van der Waals surface area contributed by atoms with Gasteiger partial charge in [-0.3, -0.25) is 4.79 Å². The molecule has 0 bridgehead atoms. The normalized spacial score (nSPS) is 31.5. The number of aliphatic hydroxyl groups excluding tert-OH is 1. The quantitative estimate of drug-likeness (QED) is 0.715. The summed E-state index contributed by atoms with van der Waals surface area (Å²) in [6.45, 7) is 2.01. The first kappa shape index (κ1) is 11.4. The lowest BCUT2D eigenvalue weighted by molar-refractivity contribution is -0.150. The molecule has 1 saturated heterocycles. The summed E-state index contributed by atoms with van der Waals surface area (Å²) in [5, 5.41) is 18.4. The summed E-state index contributed by atoms with van der Waals surface area (Å²) in [5.74, 6) is -0.828. The van der Waals surface area contributed by atoms with Crippen molar-refractivity contribution in [1.82, 2.24) is 4.90 Å². The van der Waals surface area contributed by atoms with Crippen molar-refractivity contribution in [3.63, 3.8) is 0 Å². The van der Waals surface area contributed by atoms with E-state index in [0.29, 0.717) is 5.92 Å². The van der Waals surface area contributed by atoms with Crippen molar-refractivity contribution >= 4 is 11.9 Å². The summed E-state index contributed by atoms with van der Waals surface area (Å²) in [7, 11) is 0. The number of hydrogen-bond donors (Lipinski definition) is 2. The Bertz CT molecular complexity index is 313. The number of hydrogen-bond acceptors (Lipinski definition) is 3. The minimum absolute atomic E-state index is 0.104. The highest BCUT2D eigenvalue weighted by Crippen LogP contribution is 2.38. The van der Waals surface area contributed by atoms with Crippen LogP contribution >= 0.6 is 0 Å². The molecule has 16 heavy (non-hydrogen) atoms. The molecule has 1 unspecified atom stereocenters. The molecule has 0 radical (unpaired) electrons. The molecule has 2 aliphatic rings. The van der Waals surface area contributed by atoms with Crippen LogP contribution in [0.15, 0.2) is 0 Å². The van der Waals surface area contributed by atoms with Crippen LogP contribution in [0.2, 0.25) is 0 Å². The molecule has 0 aromatic heterocycles. The number of β-amino-alcohol motifs (C(OH)–C–C–N with tert-alkyl or cyclic N) is 1. The van der Waals surface area contributed by atoms with Gasteiger partial charge in [0.05, 0.1) is 6.10 Å². The van der Waals surface area contributed by atoms with E-state index < -0.39 is 18.1 Å². The van der Waals surface area contributed by atoms with Crippen LogP contribution in [0.1, 0.15) is 26.2 Å². The number of carboxylic acids is 1. The van der Waals surface area contributed by atoms with Gasteiger partial charge in [-0.05, 0) is 18.8 Å². The van der Waals surface area contributed by atoms with Gasteiger partial charge >= 0.3 is 5.97 Å². The zero-order valence-electron chi connectivity index (χ0n) is 9.30. The number of carbonyl (C=O) groups excluding carboxylic acids is 1. The fourth-order valence-electron chi connectivity index (χ4n) is 2.35. The standard InChI is InChI=1S/C11H17NO4/c1-6(7-2-3-7)10(14)12-5-8(13)4-9(12)11(15)16/h6-9,13H,2-5H2,1H3,(H,15,16)/t6?,8-,9-/m0/s1. The molecule has 3 atom stereocenters. The third-order valence-corrected chi connectivity index (χ3v) is 3.57. The Morgan fingerprint density at radius 3 is 2.50 bits per heavy atom. The van der Waals surface area contributed by atoms with Crippen LogP contribution in [-0.2, 0) is 9.59 Å². The van der Waals surface area contributed by atoms with Crippen LogP contribution in [0, 0.1) is 11.8 Å². The maximum absolute atomic E-state index is 12.0. The summed E-state index contributed by atoms with van der Waals surface area (Å²) in [5.41, 5.74) is 0. The van der Waals surface area contributed by atoms with E-state index in [4.69, 9.17) is 5.11 Å². The zero-order valence-corrected chi connectivity index (χ0v) is 9.30. The van der Waals surface area contributed by atoms with Crippen molar-refractivity contribution in [3.8, 4) is 0 Å². The van der Waals surface area contributed by atoms with Crippen LogP contribution in [0.3, 0.4) is 0 Å². The third-order valence-electron chi connectivity index (χ3n) is 3.57. The fourth-order valence-corrected chi connectivity index (χ4v) is 2.35. The van der Waals surface area contributed by atoms with Gasteiger partial charge in [0.15, 0.2) is 0 Å². The van der Waals surface area contributed by atoms with Crippen LogP contribution in [0.5, 0.6) is 0 Å². The molecule has 1 saturated carbocycles. The fraction of sp³-hybridized carbons (Fsp3) is 0.818. The van der Waals surface area contributed by atoms with E-state index in [1.165, 1.54) is 4.90 Å². The summed E-state index contributed by atoms with van der Waals surface area (Å²) in [6.07, 6.45) is 1.57. The van der Waals surface area contributed by atoms with E-state index >= 15 is 0 Å². The number of carboxylic acid groups (broad SMARTS) is 1. The maximum atomic E-state index is 12.0. The second-order valence-corrected chi connectivity index (χ2v) is 4.86. The Balaban J connectivity index is 2.06. The monoisotopic (exact) mass is 227 g/mol. The van der Waals surface area contributed by atoms with Crippen molar-refractivity contribution in [2.45, 2.75) is 38.3 Å². The summed E-state index contributed by atoms with van der Waals surface area (Å²) in [6, 6.07) is -0.844. The number of nitrogens with zero attached hydrogens (tertiary/aromatic N) is 1. The highest BCUT2D eigenvalue weighted by Gasteiger charge is 2.43. The van der Waals surface area contributed by atoms with Crippen molar-refractivity contribution in [2.75, 3.05) is 6.54 Å². The van der Waals surface area contributed by atoms with Gasteiger partial charge in [0.25, 0.3) is 0 Å². The molecule has 1 aliphatic heterocycles. The molecule has 90 valence electrons. The number of likely N-dealkylation sites (tertiary alicyclic amines) is 1. The topological polar surface area (TPSA) is 77.8 Å². The number of aliphatic carboxylic acids is 1. The predicted octanol–water partition coefficient (Wildman–Crippen LogP) is 0.0789. The van der Waals surface area contributed by atoms with Gasteiger partial charge in [0.1, 0.15) is 6.04 Å². The Morgan fingerprint density at radius 1 is 1.38 bits per heavy atom. The van der Waals surface area contributed by atoms with Gasteiger partial charge in [-0.25, -0.2) is 4.79 Å². The number of rotatable bonds is 3. The first-order chi connectivity index (χ1) is 7.50. The smallest absolute Gasteiger partial charge is 0.326 e. The number of amides is 1. The van der Waals surface area contributed by atoms with Gasteiger partial charge < -0.3 is 15.1 Å². The minimum Gasteiger partial charge on any atom is -0.480 e. The van der Waals surface area contributed by atoms with Crippen molar-refractivity contribution in [2.24, 2.45) is 11.8 Å². The molecule has 5 heteroatoms. The van der Waals surface area contributed by atoms with Gasteiger partial charge in [-0.1, -0.05) is 6.92 Å². The molecule has 0 aromatic carbocycles. The van der Waals surface area contributed by atoms with E-state index in [-0.39, 0.29) is 24.8 Å². The molecular formula is C11H17NO4. The zero-order chi connectivity index (χ0) is 11.9. The molecular weight excluding hydrogens is 210 g/mol. The molecule has 1 amide bonds. The van der Waals surface area contributed by atoms with Crippen molar-refractivity contribution in [3.05, 3.63) is 0 Å². The maximum Gasteiger partial charge on any atom is 0.326 e. The van der Waals surface area contributed by atoms with E-state index in [9.17, 15) is 14.7 Å². The minimum atomic E-state index is -1.02. The average molecular weight is 227 g/mol. The van der Waals surface area contributed by atoms with Crippen LogP contribution in [0.25, 0.3) is 0 Å². The van der Waals surface area contributed by atoms with E-state index in [1.54, 1.807) is 0 Å². The van der Waals surface area contributed by atoms with E-state index in [1.807, 2.05) is 6.92 Å². The Kier molecular flexibility index (Phi) is 2.88. The number of aliphatic hydroxyl groups is 1. The van der Waals surface area contributed by atoms with Gasteiger partial charge in [-0.2, -0.15) is 0 Å². The Morgan fingerprint density at radius 2 is 2.00 bits per heavy atom. The average Bonchev–Trinajstić information content (AvgIpc) is 2.99. The van der Waals surface area contributed by atoms with Gasteiger partial charge in [0.2, 0.25) is 5.91 Å². The molecule has 1 aliphatic carbocycles. The Hall–Kier alpha value is -1.10. The van der Waals surface area contributed by atoms with Crippen LogP contribution in [0.4, 0.5) is 0 Å². The van der Waals surface area contributed by atoms with Crippen LogP contribution < -0.4 is 0 Å². The SMILES string of the molecule is CC(C(=O)N1C[C@@H](O)C[C@H]1C(=O)O)C1CC1. The third kappa shape index (κ3) is 2.04. The van der Waals surface area contributed by atoms with Gasteiger partial charge in [0, 0.05) is 18.9 Å². The highest BCUT2D eigenvalue weighted by molar-refractivity contribution is 5.86. The predicted molar refractivity (Wildman–Crippen MR) is 55.6 cm³/mol. The van der Waals surface area contributed by atoms with Crippen LogP contribution in [-0.4, -0.2) is 45.7 Å². The lowest BCUT2D eigenvalue weighted by Gasteiger charge is -2.24. The summed E-state index contributed by atoms with van der Waals surface area (Å²) in [4.78, 5) is 24.3. The molecule has 0 aromatic rings. The Labute approximate surface area is 94.0 Å². The van der Waals surface area contributed by atoms with Crippen molar-refractivity contribution < 1.29 is 19.8 Å². The van der Waals surface area contributed by atoms with E-state index in [0.717, 1.165) is 12.8 Å². The molecule has 2 fully saturated rings. The molecule has 2 N–H and O–H groups in total. The molecule has 2 rings (SSSR count). The second kappa shape index (κ2) is 4.05. The van der Waals surface area contributed by atoms with E-state index in [2.05, 4.69) is 0 Å². The molecule has 1 heterocycles. The largest absolute Gasteiger partial charge is 0.480 e. The lowest BCUT2D eigenvalue weighted by Crippen LogP contribution is -2.43. The first-order valence-corrected chi connectivity index (χ1v) is 5.72. The number of carbonyl (C=O) groups is 2. The lowest BCUT2D eigenvalue weighted by atomic mass is 10.0. The second-order valence-electron chi connectivity index (χ2n) is 4.86. The highest BCUT2D eigenvalue weighted by atomic mass is 16.4. The summed E-state index contributed by atoms with van der Waals surface area (Å²) < 4.78 is 0. The summed E-state index contributed by atoms with van der Waals surface area (Å²) >= 11 is 0.